The maximum absolute atomic E-state index is 12.1. The molecule has 0 aromatic heterocycles. The second kappa shape index (κ2) is 6.41. The number of benzene rings is 1. The fourth-order valence-electron chi connectivity index (χ4n) is 2.49. The van der Waals surface area contributed by atoms with Crippen LogP contribution >= 0.6 is 0 Å². The minimum atomic E-state index is -0.835. The molecule has 2 rings (SSSR count). The molecule has 2 unspecified atom stereocenters. The van der Waals surface area contributed by atoms with Gasteiger partial charge in [-0.05, 0) is 24.5 Å². The van der Waals surface area contributed by atoms with E-state index in [1.165, 1.54) is 0 Å². The molecule has 1 aliphatic rings. The lowest BCUT2D eigenvalue weighted by molar-refractivity contribution is -0.147. The number of carboxylic acid groups (broad SMARTS) is 1. The number of rotatable bonds is 4. The number of aliphatic carboxylic acids is 1. The Labute approximate surface area is 118 Å². The average Bonchev–Trinajstić information content (AvgIpc) is 2.45. The third-order valence-electron chi connectivity index (χ3n) is 3.47. The van der Waals surface area contributed by atoms with Gasteiger partial charge in [0.1, 0.15) is 5.75 Å². The fraction of sp³-hybridized carbons (Fsp3) is 0.467. The SMILES string of the molecule is CC1CC(C(=O)O)CN(C(=O)COc2ccccc2)C1. The van der Waals surface area contributed by atoms with Crippen LogP contribution < -0.4 is 4.74 Å². The molecule has 0 saturated carbocycles. The van der Waals surface area contributed by atoms with Gasteiger partial charge in [-0.2, -0.15) is 0 Å². The molecule has 1 aromatic rings. The van der Waals surface area contributed by atoms with Gasteiger partial charge in [0.15, 0.2) is 6.61 Å². The number of carbonyl (C=O) groups excluding carboxylic acids is 1. The molecule has 2 atom stereocenters. The number of piperidine rings is 1. The summed E-state index contributed by atoms with van der Waals surface area (Å²) in [6, 6.07) is 9.11. The van der Waals surface area contributed by atoms with Gasteiger partial charge in [-0.25, -0.2) is 0 Å². The van der Waals surface area contributed by atoms with Gasteiger partial charge >= 0.3 is 5.97 Å². The third-order valence-corrected chi connectivity index (χ3v) is 3.47. The molecule has 1 aromatic carbocycles. The summed E-state index contributed by atoms with van der Waals surface area (Å²) in [5.41, 5.74) is 0. The second-order valence-corrected chi connectivity index (χ2v) is 5.28. The van der Waals surface area contributed by atoms with Gasteiger partial charge < -0.3 is 14.7 Å². The number of ether oxygens (including phenoxy) is 1. The number of amides is 1. The van der Waals surface area contributed by atoms with E-state index in [4.69, 9.17) is 9.84 Å². The van der Waals surface area contributed by atoms with Crippen molar-refractivity contribution in [3.63, 3.8) is 0 Å². The quantitative estimate of drug-likeness (QED) is 0.908. The molecule has 0 bridgehead atoms. The highest BCUT2D eigenvalue weighted by Crippen LogP contribution is 2.22. The molecule has 5 heteroatoms. The molecule has 0 aliphatic carbocycles. The number of carbonyl (C=O) groups is 2. The second-order valence-electron chi connectivity index (χ2n) is 5.28. The fourth-order valence-corrected chi connectivity index (χ4v) is 2.49. The molecule has 20 heavy (non-hydrogen) atoms. The number of nitrogens with zero attached hydrogens (tertiary/aromatic N) is 1. The van der Waals surface area contributed by atoms with E-state index in [0.29, 0.717) is 18.7 Å². The van der Waals surface area contributed by atoms with Crippen LogP contribution in [0.15, 0.2) is 30.3 Å². The summed E-state index contributed by atoms with van der Waals surface area (Å²) in [5.74, 6) is -0.629. The van der Waals surface area contributed by atoms with Gasteiger partial charge in [0.05, 0.1) is 5.92 Å². The topological polar surface area (TPSA) is 66.8 Å². The highest BCUT2D eigenvalue weighted by atomic mass is 16.5. The van der Waals surface area contributed by atoms with Gasteiger partial charge in [-0.1, -0.05) is 25.1 Å². The van der Waals surface area contributed by atoms with Crippen molar-refractivity contribution in [1.82, 2.24) is 4.90 Å². The molecule has 5 nitrogen and oxygen atoms in total. The van der Waals surface area contributed by atoms with Crippen LogP contribution in [0, 0.1) is 11.8 Å². The lowest BCUT2D eigenvalue weighted by Gasteiger charge is -2.34. The lowest BCUT2D eigenvalue weighted by atomic mass is 9.90. The molecule has 0 spiro atoms. The predicted octanol–water partition coefficient (Wildman–Crippen LogP) is 1.63. The summed E-state index contributed by atoms with van der Waals surface area (Å²) < 4.78 is 5.41. The highest BCUT2D eigenvalue weighted by molar-refractivity contribution is 5.79. The Morgan fingerprint density at radius 3 is 2.65 bits per heavy atom. The summed E-state index contributed by atoms with van der Waals surface area (Å²) in [4.78, 5) is 24.8. The zero-order valence-electron chi connectivity index (χ0n) is 11.5. The van der Waals surface area contributed by atoms with Crippen LogP contribution in [0.1, 0.15) is 13.3 Å². The Morgan fingerprint density at radius 1 is 1.30 bits per heavy atom. The zero-order valence-corrected chi connectivity index (χ0v) is 11.5. The number of carboxylic acids is 1. The Kier molecular flexibility index (Phi) is 4.61. The molecule has 1 saturated heterocycles. The first-order valence-electron chi connectivity index (χ1n) is 6.74. The summed E-state index contributed by atoms with van der Waals surface area (Å²) in [6.45, 7) is 2.79. The van der Waals surface area contributed by atoms with E-state index >= 15 is 0 Å². The van der Waals surface area contributed by atoms with E-state index < -0.39 is 11.9 Å². The molecular formula is C15H19NO4. The van der Waals surface area contributed by atoms with E-state index in [-0.39, 0.29) is 25.0 Å². The third kappa shape index (κ3) is 3.73. The largest absolute Gasteiger partial charge is 0.484 e. The van der Waals surface area contributed by atoms with E-state index in [1.807, 2.05) is 25.1 Å². The molecule has 1 heterocycles. The minimum Gasteiger partial charge on any atom is -0.484 e. The van der Waals surface area contributed by atoms with E-state index in [0.717, 1.165) is 0 Å². The zero-order chi connectivity index (χ0) is 14.5. The molecule has 1 amide bonds. The summed E-state index contributed by atoms with van der Waals surface area (Å²) >= 11 is 0. The maximum Gasteiger partial charge on any atom is 0.308 e. The van der Waals surface area contributed by atoms with Crippen LogP contribution in [0.25, 0.3) is 0 Å². The van der Waals surface area contributed by atoms with Gasteiger partial charge in [-0.15, -0.1) is 0 Å². The number of hydrogen-bond acceptors (Lipinski definition) is 3. The van der Waals surface area contributed by atoms with Crippen molar-refractivity contribution in [2.24, 2.45) is 11.8 Å². The first kappa shape index (κ1) is 14.4. The Balaban J connectivity index is 1.90. The standard InChI is InChI=1S/C15H19NO4/c1-11-7-12(15(18)19)9-16(8-11)14(17)10-20-13-5-3-2-4-6-13/h2-6,11-12H,7-10H2,1H3,(H,18,19). The van der Waals surface area contributed by atoms with Crippen LogP contribution in [0.3, 0.4) is 0 Å². The van der Waals surface area contributed by atoms with Crippen LogP contribution in [0.5, 0.6) is 5.75 Å². The monoisotopic (exact) mass is 277 g/mol. The van der Waals surface area contributed by atoms with E-state index in [2.05, 4.69) is 0 Å². The van der Waals surface area contributed by atoms with Crippen molar-refractivity contribution in [3.05, 3.63) is 30.3 Å². The van der Waals surface area contributed by atoms with Crippen molar-refractivity contribution in [2.75, 3.05) is 19.7 Å². The van der Waals surface area contributed by atoms with Crippen molar-refractivity contribution in [1.29, 1.82) is 0 Å². The average molecular weight is 277 g/mol. The summed E-state index contributed by atoms with van der Waals surface area (Å²) in [6.07, 6.45) is 0.624. The molecule has 1 aliphatic heterocycles. The lowest BCUT2D eigenvalue weighted by Crippen LogP contribution is -2.47. The molecule has 108 valence electrons. The van der Waals surface area contributed by atoms with Gasteiger partial charge in [0.2, 0.25) is 0 Å². The minimum absolute atomic E-state index is 0.0525. The number of para-hydroxylation sites is 1. The van der Waals surface area contributed by atoms with Crippen molar-refractivity contribution < 1.29 is 19.4 Å². The van der Waals surface area contributed by atoms with E-state index in [9.17, 15) is 9.59 Å². The summed E-state index contributed by atoms with van der Waals surface area (Å²) in [5, 5.41) is 9.09. The van der Waals surface area contributed by atoms with Gasteiger partial charge in [0.25, 0.3) is 5.91 Å². The van der Waals surface area contributed by atoms with Crippen LogP contribution in [0.2, 0.25) is 0 Å². The first-order valence-corrected chi connectivity index (χ1v) is 6.74. The number of likely N-dealkylation sites (tertiary alicyclic amines) is 1. The van der Waals surface area contributed by atoms with Crippen LogP contribution in [0.4, 0.5) is 0 Å². The first-order chi connectivity index (χ1) is 9.56. The Bertz CT molecular complexity index is 474. The van der Waals surface area contributed by atoms with Crippen molar-refractivity contribution in [2.45, 2.75) is 13.3 Å². The Morgan fingerprint density at radius 2 is 2.00 bits per heavy atom. The highest BCUT2D eigenvalue weighted by Gasteiger charge is 2.31. The number of hydrogen-bond donors (Lipinski definition) is 1. The molecule has 0 radical (unpaired) electrons. The Hall–Kier alpha value is -2.04. The maximum atomic E-state index is 12.1. The molecular weight excluding hydrogens is 258 g/mol. The van der Waals surface area contributed by atoms with Crippen LogP contribution in [-0.4, -0.2) is 41.6 Å². The summed E-state index contributed by atoms with van der Waals surface area (Å²) in [7, 11) is 0. The molecule has 1 N–H and O–H groups in total. The van der Waals surface area contributed by atoms with Gasteiger partial charge in [0, 0.05) is 13.1 Å². The van der Waals surface area contributed by atoms with Crippen molar-refractivity contribution in [3.8, 4) is 5.75 Å². The van der Waals surface area contributed by atoms with Crippen LogP contribution in [-0.2, 0) is 9.59 Å². The smallest absolute Gasteiger partial charge is 0.308 e. The van der Waals surface area contributed by atoms with Gasteiger partial charge in [-0.3, -0.25) is 9.59 Å². The predicted molar refractivity (Wildman–Crippen MR) is 73.4 cm³/mol. The van der Waals surface area contributed by atoms with Crippen molar-refractivity contribution >= 4 is 11.9 Å². The molecule has 1 fully saturated rings. The van der Waals surface area contributed by atoms with E-state index in [1.54, 1.807) is 17.0 Å². The normalized spacial score (nSPS) is 22.4.